The lowest BCUT2D eigenvalue weighted by atomic mass is 10.2. The number of amides is 1. The van der Waals surface area contributed by atoms with Crippen LogP contribution in [0.25, 0.3) is 0 Å². The minimum atomic E-state index is -3.79. The molecule has 9 heteroatoms. The Morgan fingerprint density at radius 3 is 2.67 bits per heavy atom. The van der Waals surface area contributed by atoms with Crippen LogP contribution < -0.4 is 14.8 Å². The van der Waals surface area contributed by atoms with Crippen LogP contribution in [0.2, 0.25) is 0 Å². The van der Waals surface area contributed by atoms with Crippen LogP contribution in [0, 0.1) is 6.92 Å². The minimum Gasteiger partial charge on any atom is -0.496 e. The van der Waals surface area contributed by atoms with E-state index < -0.39 is 16.1 Å². The number of carbonyl (C=O) groups is 1. The monoisotopic (exact) mass is 399 g/mol. The van der Waals surface area contributed by atoms with Crippen molar-refractivity contribution in [1.82, 2.24) is 14.9 Å². The number of sulfonamides is 1. The first-order chi connectivity index (χ1) is 12.8. The van der Waals surface area contributed by atoms with Crippen LogP contribution >= 0.6 is 0 Å². The van der Waals surface area contributed by atoms with Gasteiger partial charge in [-0.05, 0) is 50.6 Å². The fourth-order valence-corrected chi connectivity index (χ4v) is 4.15. The Morgan fingerprint density at radius 1 is 1.33 bits per heavy atom. The molecule has 0 aliphatic carbocycles. The molecule has 0 unspecified atom stereocenters. The average molecular weight is 400 g/mol. The second-order valence-corrected chi connectivity index (χ2v) is 8.29. The summed E-state index contributed by atoms with van der Waals surface area (Å²) in [5, 5.41) is 2.78. The average Bonchev–Trinajstić information content (AvgIpc) is 2.65. The zero-order valence-corrected chi connectivity index (χ0v) is 17.0. The summed E-state index contributed by atoms with van der Waals surface area (Å²) in [7, 11) is -2.26. The molecule has 1 atom stereocenters. The van der Waals surface area contributed by atoms with Crippen molar-refractivity contribution >= 4 is 15.9 Å². The predicted octanol–water partition coefficient (Wildman–Crippen LogP) is 0.509. The number of morpholine rings is 1. The van der Waals surface area contributed by atoms with E-state index >= 15 is 0 Å². The van der Waals surface area contributed by atoms with Gasteiger partial charge in [0.15, 0.2) is 0 Å². The number of ether oxygens (including phenoxy) is 2. The number of methoxy groups -OCH3 is 1. The second kappa shape index (κ2) is 10.0. The van der Waals surface area contributed by atoms with Gasteiger partial charge in [0.25, 0.3) is 0 Å². The molecule has 0 aromatic heterocycles. The van der Waals surface area contributed by atoms with Crippen LogP contribution in [0.15, 0.2) is 23.1 Å². The summed E-state index contributed by atoms with van der Waals surface area (Å²) in [5.74, 6) is 0.269. The van der Waals surface area contributed by atoms with Gasteiger partial charge in [0.05, 0.1) is 31.3 Å². The predicted molar refractivity (Wildman–Crippen MR) is 102 cm³/mol. The van der Waals surface area contributed by atoms with Crippen molar-refractivity contribution in [2.45, 2.75) is 31.2 Å². The van der Waals surface area contributed by atoms with Crippen LogP contribution in [-0.4, -0.2) is 71.8 Å². The molecule has 0 radical (unpaired) electrons. The van der Waals surface area contributed by atoms with Crippen LogP contribution in [0.5, 0.6) is 5.75 Å². The summed E-state index contributed by atoms with van der Waals surface area (Å²) in [6, 6.07) is 3.72. The summed E-state index contributed by atoms with van der Waals surface area (Å²) < 4.78 is 37.8. The summed E-state index contributed by atoms with van der Waals surface area (Å²) in [6.45, 7) is 8.00. The molecule has 152 valence electrons. The number of hydrogen-bond donors (Lipinski definition) is 2. The molecule has 0 saturated carbocycles. The molecule has 1 saturated heterocycles. The smallest absolute Gasteiger partial charge is 0.241 e. The van der Waals surface area contributed by atoms with Crippen LogP contribution in [-0.2, 0) is 19.6 Å². The van der Waals surface area contributed by atoms with E-state index in [1.807, 2.05) is 0 Å². The van der Waals surface area contributed by atoms with Gasteiger partial charge < -0.3 is 14.8 Å². The summed E-state index contributed by atoms with van der Waals surface area (Å²) in [6.07, 6.45) is 0.808. The highest BCUT2D eigenvalue weighted by molar-refractivity contribution is 7.89. The van der Waals surface area contributed by atoms with Gasteiger partial charge in [-0.2, -0.15) is 4.72 Å². The lowest BCUT2D eigenvalue weighted by Crippen LogP contribution is -2.45. The molecular formula is C18H29N3O5S. The summed E-state index contributed by atoms with van der Waals surface area (Å²) in [4.78, 5) is 14.6. The van der Waals surface area contributed by atoms with Crippen molar-refractivity contribution in [2.24, 2.45) is 0 Å². The number of rotatable bonds is 9. The van der Waals surface area contributed by atoms with Crippen LogP contribution in [0.3, 0.4) is 0 Å². The molecular weight excluding hydrogens is 370 g/mol. The van der Waals surface area contributed by atoms with Crippen molar-refractivity contribution in [3.63, 3.8) is 0 Å². The van der Waals surface area contributed by atoms with E-state index in [4.69, 9.17) is 9.47 Å². The van der Waals surface area contributed by atoms with Gasteiger partial charge in [-0.1, -0.05) is 0 Å². The summed E-state index contributed by atoms with van der Waals surface area (Å²) >= 11 is 0. The Kier molecular flexibility index (Phi) is 8.03. The van der Waals surface area contributed by atoms with Crippen molar-refractivity contribution in [2.75, 3.05) is 46.5 Å². The van der Waals surface area contributed by atoms with Gasteiger partial charge in [0.1, 0.15) is 5.75 Å². The molecule has 8 nitrogen and oxygen atoms in total. The first kappa shape index (κ1) is 21.6. The SMILES string of the molecule is COc1ccc(S(=O)(=O)N[C@@H](C)C(=O)NCCCN2CCOCC2)cc1C. The highest BCUT2D eigenvalue weighted by Crippen LogP contribution is 2.21. The van der Waals surface area contributed by atoms with Gasteiger partial charge in [-0.25, -0.2) is 8.42 Å². The van der Waals surface area contributed by atoms with Crippen molar-refractivity contribution in [3.8, 4) is 5.75 Å². The first-order valence-electron chi connectivity index (χ1n) is 9.08. The van der Waals surface area contributed by atoms with Crippen molar-refractivity contribution in [3.05, 3.63) is 23.8 Å². The Hall–Kier alpha value is -1.68. The molecule has 1 aliphatic heterocycles. The van der Waals surface area contributed by atoms with E-state index in [1.165, 1.54) is 26.2 Å². The van der Waals surface area contributed by atoms with Crippen molar-refractivity contribution < 1.29 is 22.7 Å². The van der Waals surface area contributed by atoms with E-state index in [0.29, 0.717) is 17.9 Å². The molecule has 0 bridgehead atoms. The van der Waals surface area contributed by atoms with E-state index in [2.05, 4.69) is 14.9 Å². The lowest BCUT2D eigenvalue weighted by Gasteiger charge is -2.26. The first-order valence-corrected chi connectivity index (χ1v) is 10.6. The van der Waals surface area contributed by atoms with Gasteiger partial charge in [0, 0.05) is 19.6 Å². The number of nitrogens with zero attached hydrogens (tertiary/aromatic N) is 1. The highest BCUT2D eigenvalue weighted by Gasteiger charge is 2.22. The van der Waals surface area contributed by atoms with E-state index in [-0.39, 0.29) is 10.8 Å². The zero-order valence-electron chi connectivity index (χ0n) is 16.2. The van der Waals surface area contributed by atoms with Gasteiger partial charge in [-0.3, -0.25) is 9.69 Å². The number of hydrogen-bond acceptors (Lipinski definition) is 6. The quantitative estimate of drug-likeness (QED) is 0.588. The molecule has 2 N–H and O–H groups in total. The number of nitrogens with one attached hydrogen (secondary N) is 2. The lowest BCUT2D eigenvalue weighted by molar-refractivity contribution is -0.122. The second-order valence-electron chi connectivity index (χ2n) is 6.57. The highest BCUT2D eigenvalue weighted by atomic mass is 32.2. The van der Waals surface area contributed by atoms with Crippen LogP contribution in [0.1, 0.15) is 18.9 Å². The molecule has 1 aliphatic rings. The van der Waals surface area contributed by atoms with Crippen LogP contribution in [0.4, 0.5) is 0 Å². The summed E-state index contributed by atoms with van der Waals surface area (Å²) in [5.41, 5.74) is 0.709. The molecule has 1 aromatic rings. The topological polar surface area (TPSA) is 97.0 Å². The molecule has 1 amide bonds. The van der Waals surface area contributed by atoms with E-state index in [1.54, 1.807) is 13.0 Å². The normalized spacial score (nSPS) is 16.7. The fraction of sp³-hybridized carbons (Fsp3) is 0.611. The molecule has 2 rings (SSSR count). The Labute approximate surface area is 161 Å². The standard InChI is InChI=1S/C18H29N3O5S/c1-14-13-16(5-6-17(14)25-3)27(23,24)20-15(2)18(22)19-7-4-8-21-9-11-26-12-10-21/h5-6,13,15,20H,4,7-12H2,1-3H3,(H,19,22)/t15-/m0/s1. The number of carbonyl (C=O) groups excluding carboxylic acids is 1. The number of benzene rings is 1. The maximum Gasteiger partial charge on any atom is 0.241 e. The van der Waals surface area contributed by atoms with Gasteiger partial charge in [0.2, 0.25) is 15.9 Å². The Bertz CT molecular complexity index is 733. The third-order valence-corrected chi connectivity index (χ3v) is 5.99. The molecule has 1 fully saturated rings. The third kappa shape index (κ3) is 6.46. The Morgan fingerprint density at radius 2 is 2.04 bits per heavy atom. The molecule has 1 heterocycles. The largest absolute Gasteiger partial charge is 0.496 e. The Balaban J connectivity index is 1.80. The van der Waals surface area contributed by atoms with Gasteiger partial charge >= 0.3 is 0 Å². The molecule has 0 spiro atoms. The third-order valence-electron chi connectivity index (χ3n) is 4.46. The minimum absolute atomic E-state index is 0.104. The van der Waals surface area contributed by atoms with Crippen molar-refractivity contribution in [1.29, 1.82) is 0 Å². The fourth-order valence-electron chi connectivity index (χ4n) is 2.86. The molecule has 1 aromatic carbocycles. The maximum atomic E-state index is 12.5. The van der Waals surface area contributed by atoms with E-state index in [9.17, 15) is 13.2 Å². The number of aryl methyl sites for hydroxylation is 1. The molecule has 27 heavy (non-hydrogen) atoms. The van der Waals surface area contributed by atoms with Gasteiger partial charge in [-0.15, -0.1) is 0 Å². The maximum absolute atomic E-state index is 12.5. The zero-order chi connectivity index (χ0) is 19.9. The van der Waals surface area contributed by atoms with E-state index in [0.717, 1.165) is 39.3 Å².